The van der Waals surface area contributed by atoms with E-state index in [0.717, 1.165) is 17.3 Å². The van der Waals surface area contributed by atoms with Crippen LogP contribution in [0.25, 0.3) is 0 Å². The fourth-order valence-corrected chi connectivity index (χ4v) is 3.05. The normalized spacial score (nSPS) is 14.3. The Bertz CT molecular complexity index is 347. The number of halogens is 1. The van der Waals surface area contributed by atoms with Crippen molar-refractivity contribution in [1.82, 2.24) is 10.2 Å². The molecule has 2 nitrogen and oxygen atoms in total. The molecule has 0 aliphatic rings. The van der Waals surface area contributed by atoms with Crippen LogP contribution in [0.3, 0.4) is 0 Å². The number of thiophene rings is 1. The molecule has 1 N–H and O–H groups in total. The molecule has 1 unspecified atom stereocenters. The predicted octanol–water partition coefficient (Wildman–Crippen LogP) is 3.78. The van der Waals surface area contributed by atoms with Gasteiger partial charge in [0.05, 0.1) is 10.4 Å². The summed E-state index contributed by atoms with van der Waals surface area (Å²) in [5.41, 5.74) is 0.0589. The summed E-state index contributed by atoms with van der Waals surface area (Å²) >= 11 is 7.71. The molecule has 0 aliphatic carbocycles. The van der Waals surface area contributed by atoms with Crippen LogP contribution in [0.4, 0.5) is 0 Å². The van der Waals surface area contributed by atoms with E-state index in [2.05, 4.69) is 51.1 Å². The largest absolute Gasteiger partial charge is 0.308 e. The van der Waals surface area contributed by atoms with Gasteiger partial charge in [0, 0.05) is 10.4 Å². The second-order valence-corrected chi connectivity index (χ2v) is 6.82. The molecule has 0 bridgehead atoms. The Kier molecular flexibility index (Phi) is 5.45. The van der Waals surface area contributed by atoms with Crippen LogP contribution < -0.4 is 5.32 Å². The molecular formula is C13H23ClN2S. The average molecular weight is 275 g/mol. The highest BCUT2D eigenvalue weighted by atomic mass is 35.5. The molecule has 17 heavy (non-hydrogen) atoms. The van der Waals surface area contributed by atoms with E-state index < -0.39 is 0 Å². The van der Waals surface area contributed by atoms with Gasteiger partial charge < -0.3 is 10.2 Å². The zero-order valence-corrected chi connectivity index (χ0v) is 13.0. The van der Waals surface area contributed by atoms with Gasteiger partial charge in [0.15, 0.2) is 0 Å². The van der Waals surface area contributed by atoms with Crippen LogP contribution in [0.2, 0.25) is 4.34 Å². The van der Waals surface area contributed by atoms with Gasteiger partial charge in [-0.1, -0.05) is 18.5 Å². The summed E-state index contributed by atoms with van der Waals surface area (Å²) in [6, 6.07) is 4.43. The molecule has 0 spiro atoms. The first-order chi connectivity index (χ1) is 7.89. The minimum Gasteiger partial charge on any atom is -0.308 e. The molecule has 0 radical (unpaired) electrons. The third-order valence-corrected chi connectivity index (χ3v) is 4.63. The molecule has 1 heterocycles. The van der Waals surface area contributed by atoms with Crippen molar-refractivity contribution in [1.29, 1.82) is 0 Å². The van der Waals surface area contributed by atoms with Gasteiger partial charge in [-0.2, -0.15) is 0 Å². The van der Waals surface area contributed by atoms with Crippen LogP contribution in [0.5, 0.6) is 0 Å². The zero-order valence-electron chi connectivity index (χ0n) is 11.4. The minimum absolute atomic E-state index is 0.0589. The van der Waals surface area contributed by atoms with Crippen LogP contribution in [0.1, 0.15) is 38.1 Å². The summed E-state index contributed by atoms with van der Waals surface area (Å²) in [7, 11) is 4.24. The fourth-order valence-electron chi connectivity index (χ4n) is 1.73. The highest BCUT2D eigenvalue weighted by Gasteiger charge is 2.33. The quantitative estimate of drug-likeness (QED) is 0.849. The van der Waals surface area contributed by atoms with Crippen molar-refractivity contribution in [2.24, 2.45) is 0 Å². The Balaban J connectivity index is 2.95. The maximum atomic E-state index is 6.05. The Labute approximate surface area is 114 Å². The van der Waals surface area contributed by atoms with Gasteiger partial charge >= 0.3 is 0 Å². The van der Waals surface area contributed by atoms with E-state index >= 15 is 0 Å². The van der Waals surface area contributed by atoms with Crippen molar-refractivity contribution in [2.45, 2.75) is 38.8 Å². The van der Waals surface area contributed by atoms with Crippen molar-refractivity contribution < 1.29 is 0 Å². The standard InChI is InChI=1S/C13H23ClN2S/c1-6-9-15-12(13(2,3)16(4)5)10-7-8-11(14)17-10/h7-8,12,15H,6,9H2,1-5H3. The molecule has 0 amide bonds. The lowest BCUT2D eigenvalue weighted by Crippen LogP contribution is -2.49. The van der Waals surface area contributed by atoms with Gasteiger partial charge in [-0.25, -0.2) is 0 Å². The monoisotopic (exact) mass is 274 g/mol. The van der Waals surface area contributed by atoms with Crippen LogP contribution >= 0.6 is 22.9 Å². The first-order valence-corrected chi connectivity index (χ1v) is 7.25. The summed E-state index contributed by atoms with van der Waals surface area (Å²) in [6.07, 6.45) is 1.14. The molecule has 0 saturated carbocycles. The molecule has 1 rings (SSSR count). The zero-order chi connectivity index (χ0) is 13.1. The summed E-state index contributed by atoms with van der Waals surface area (Å²) in [6.45, 7) is 7.73. The summed E-state index contributed by atoms with van der Waals surface area (Å²) in [4.78, 5) is 3.57. The summed E-state index contributed by atoms with van der Waals surface area (Å²) in [5, 5.41) is 3.63. The Morgan fingerprint density at radius 1 is 1.41 bits per heavy atom. The predicted molar refractivity (Wildman–Crippen MR) is 78.1 cm³/mol. The SMILES string of the molecule is CCCNC(c1ccc(Cl)s1)C(C)(C)N(C)C. The third kappa shape index (κ3) is 3.68. The highest BCUT2D eigenvalue weighted by molar-refractivity contribution is 7.16. The van der Waals surface area contributed by atoms with Crippen molar-refractivity contribution >= 4 is 22.9 Å². The molecular weight excluding hydrogens is 252 g/mol. The first-order valence-electron chi connectivity index (χ1n) is 6.05. The van der Waals surface area contributed by atoms with Crippen molar-refractivity contribution in [3.05, 3.63) is 21.3 Å². The van der Waals surface area contributed by atoms with Gasteiger partial charge in [0.2, 0.25) is 0 Å². The van der Waals surface area contributed by atoms with Gasteiger partial charge in [0.1, 0.15) is 0 Å². The topological polar surface area (TPSA) is 15.3 Å². The maximum absolute atomic E-state index is 6.05. The Morgan fingerprint density at radius 3 is 2.47 bits per heavy atom. The average Bonchev–Trinajstić information content (AvgIpc) is 2.65. The summed E-state index contributed by atoms with van der Waals surface area (Å²) in [5.74, 6) is 0. The van der Waals surface area contributed by atoms with E-state index in [0.29, 0.717) is 6.04 Å². The lowest BCUT2D eigenvalue weighted by Gasteiger charge is -2.40. The number of nitrogens with zero attached hydrogens (tertiary/aromatic N) is 1. The van der Waals surface area contributed by atoms with Gasteiger partial charge in [0.25, 0.3) is 0 Å². The van der Waals surface area contributed by atoms with E-state index in [-0.39, 0.29) is 5.54 Å². The highest BCUT2D eigenvalue weighted by Crippen LogP contribution is 2.35. The lowest BCUT2D eigenvalue weighted by atomic mass is 9.91. The van der Waals surface area contributed by atoms with Crippen LogP contribution in [-0.2, 0) is 0 Å². The van der Waals surface area contributed by atoms with Gasteiger partial charge in [-0.05, 0) is 53.0 Å². The second kappa shape index (κ2) is 6.19. The molecule has 1 aromatic rings. The van der Waals surface area contributed by atoms with Crippen LogP contribution in [-0.4, -0.2) is 31.1 Å². The van der Waals surface area contributed by atoms with E-state index in [1.165, 1.54) is 4.88 Å². The molecule has 1 atom stereocenters. The molecule has 0 aromatic carbocycles. The fraction of sp³-hybridized carbons (Fsp3) is 0.692. The molecule has 0 aliphatic heterocycles. The Morgan fingerprint density at radius 2 is 2.06 bits per heavy atom. The molecule has 0 fully saturated rings. The lowest BCUT2D eigenvalue weighted by molar-refractivity contribution is 0.140. The van der Waals surface area contributed by atoms with E-state index in [1.54, 1.807) is 11.3 Å². The molecule has 4 heteroatoms. The third-order valence-electron chi connectivity index (χ3n) is 3.34. The van der Waals surface area contributed by atoms with Crippen molar-refractivity contribution in [3.63, 3.8) is 0 Å². The van der Waals surface area contributed by atoms with Gasteiger partial charge in [-0.15, -0.1) is 11.3 Å². The Hall–Kier alpha value is -0.0900. The molecule has 98 valence electrons. The minimum atomic E-state index is 0.0589. The number of hydrogen-bond donors (Lipinski definition) is 1. The first kappa shape index (κ1) is 15.0. The van der Waals surface area contributed by atoms with E-state index in [1.807, 2.05) is 6.07 Å². The van der Waals surface area contributed by atoms with Crippen LogP contribution in [0, 0.1) is 0 Å². The number of likely N-dealkylation sites (N-methyl/N-ethyl adjacent to an activating group) is 1. The van der Waals surface area contributed by atoms with E-state index in [4.69, 9.17) is 11.6 Å². The van der Waals surface area contributed by atoms with E-state index in [9.17, 15) is 0 Å². The smallest absolute Gasteiger partial charge is 0.0931 e. The van der Waals surface area contributed by atoms with Crippen molar-refractivity contribution in [2.75, 3.05) is 20.6 Å². The summed E-state index contributed by atoms with van der Waals surface area (Å²) < 4.78 is 0.859. The number of rotatable bonds is 6. The molecule has 1 aromatic heterocycles. The van der Waals surface area contributed by atoms with Gasteiger partial charge in [-0.3, -0.25) is 0 Å². The second-order valence-electron chi connectivity index (χ2n) is 5.08. The maximum Gasteiger partial charge on any atom is 0.0931 e. The number of nitrogens with one attached hydrogen (secondary N) is 1. The van der Waals surface area contributed by atoms with Crippen LogP contribution in [0.15, 0.2) is 12.1 Å². The number of hydrogen-bond acceptors (Lipinski definition) is 3. The molecule has 0 saturated heterocycles. The van der Waals surface area contributed by atoms with Crippen molar-refractivity contribution in [3.8, 4) is 0 Å².